The molecule has 1 aromatic carbocycles. The van der Waals surface area contributed by atoms with Gasteiger partial charge in [-0.1, -0.05) is 13.0 Å². The first-order valence-corrected chi connectivity index (χ1v) is 9.98. The Hall–Kier alpha value is -2.45. The first-order chi connectivity index (χ1) is 13.5. The van der Waals surface area contributed by atoms with Crippen LogP contribution in [-0.2, 0) is 14.4 Å². The van der Waals surface area contributed by atoms with Gasteiger partial charge in [-0.2, -0.15) is 0 Å². The maximum absolute atomic E-state index is 12.4. The van der Waals surface area contributed by atoms with Gasteiger partial charge in [0.15, 0.2) is 0 Å². The number of benzene rings is 1. The molecule has 0 spiro atoms. The Morgan fingerprint density at radius 1 is 1.14 bits per heavy atom. The van der Waals surface area contributed by atoms with Gasteiger partial charge in [0.1, 0.15) is 6.04 Å². The fraction of sp³-hybridized carbons (Fsp3) is 0.550. The van der Waals surface area contributed by atoms with Gasteiger partial charge in [0, 0.05) is 44.0 Å². The van der Waals surface area contributed by atoms with Crippen LogP contribution in [0.2, 0.25) is 0 Å². The summed E-state index contributed by atoms with van der Waals surface area (Å²) in [5.41, 5.74) is 1.42. The molecule has 2 heterocycles. The lowest BCUT2D eigenvalue weighted by molar-refractivity contribution is -0.133. The van der Waals surface area contributed by atoms with Gasteiger partial charge in [-0.3, -0.25) is 24.6 Å². The van der Waals surface area contributed by atoms with E-state index < -0.39 is 6.04 Å². The van der Waals surface area contributed by atoms with E-state index in [4.69, 9.17) is 0 Å². The molecule has 28 heavy (non-hydrogen) atoms. The number of carbonyl (C=O) groups excluding carboxylic acids is 3. The highest BCUT2D eigenvalue weighted by Gasteiger charge is 2.26. The number of imide groups is 1. The van der Waals surface area contributed by atoms with Gasteiger partial charge in [-0.15, -0.1) is 0 Å². The average Bonchev–Trinajstić information content (AvgIpc) is 2.66. The summed E-state index contributed by atoms with van der Waals surface area (Å²) in [6.07, 6.45) is 1.94. The zero-order valence-electron chi connectivity index (χ0n) is 16.4. The third kappa shape index (κ3) is 5.77. The summed E-state index contributed by atoms with van der Waals surface area (Å²) in [7, 11) is 0. The van der Waals surface area contributed by atoms with Crippen molar-refractivity contribution in [1.29, 1.82) is 0 Å². The highest BCUT2D eigenvalue weighted by Crippen LogP contribution is 2.18. The van der Waals surface area contributed by atoms with E-state index in [1.807, 2.05) is 18.2 Å². The first-order valence-electron chi connectivity index (χ1n) is 9.98. The number of hydrogen-bond acceptors (Lipinski definition) is 6. The minimum atomic E-state index is -0.442. The zero-order valence-corrected chi connectivity index (χ0v) is 16.4. The average molecular weight is 387 g/mol. The highest BCUT2D eigenvalue weighted by atomic mass is 16.2. The molecule has 3 N–H and O–H groups in total. The number of rotatable bonds is 7. The molecule has 0 saturated carbocycles. The van der Waals surface area contributed by atoms with Crippen molar-refractivity contribution < 1.29 is 14.4 Å². The van der Waals surface area contributed by atoms with Crippen LogP contribution < -0.4 is 16.0 Å². The Bertz CT molecular complexity index is 716. The molecular formula is C20H29N5O3. The van der Waals surface area contributed by atoms with Crippen molar-refractivity contribution in [3.05, 3.63) is 24.3 Å². The van der Waals surface area contributed by atoms with Crippen LogP contribution in [0.5, 0.6) is 0 Å². The van der Waals surface area contributed by atoms with Gasteiger partial charge in [0.05, 0.1) is 6.54 Å². The number of hydrogen-bond donors (Lipinski definition) is 3. The van der Waals surface area contributed by atoms with Crippen LogP contribution in [0.25, 0.3) is 0 Å². The van der Waals surface area contributed by atoms with Crippen molar-refractivity contribution in [2.75, 3.05) is 49.9 Å². The van der Waals surface area contributed by atoms with Crippen LogP contribution in [0.3, 0.4) is 0 Å². The molecule has 8 heteroatoms. The molecule has 1 atom stereocenters. The second-order valence-electron chi connectivity index (χ2n) is 7.39. The summed E-state index contributed by atoms with van der Waals surface area (Å²) in [6, 6.07) is 6.86. The molecule has 1 aromatic rings. The van der Waals surface area contributed by atoms with Crippen molar-refractivity contribution in [2.45, 2.75) is 32.2 Å². The third-order valence-corrected chi connectivity index (χ3v) is 5.10. The molecule has 3 rings (SSSR count). The van der Waals surface area contributed by atoms with Crippen LogP contribution in [-0.4, -0.2) is 72.8 Å². The van der Waals surface area contributed by atoms with Crippen LogP contribution in [0.15, 0.2) is 24.3 Å². The van der Waals surface area contributed by atoms with Gasteiger partial charge in [0.2, 0.25) is 17.7 Å². The molecule has 2 aliphatic rings. The molecular weight excluding hydrogens is 358 g/mol. The Kier molecular flexibility index (Phi) is 7.00. The Labute approximate surface area is 165 Å². The molecule has 2 saturated heterocycles. The molecule has 152 valence electrons. The largest absolute Gasteiger partial charge is 0.374 e. The number of amides is 3. The summed E-state index contributed by atoms with van der Waals surface area (Å²) in [5.74, 6) is -0.588. The predicted octanol–water partition coefficient (Wildman–Crippen LogP) is 0.870. The molecule has 1 unspecified atom stereocenters. The fourth-order valence-electron chi connectivity index (χ4n) is 3.61. The summed E-state index contributed by atoms with van der Waals surface area (Å²) in [5, 5.41) is 8.40. The number of nitrogens with one attached hydrogen (secondary N) is 3. The van der Waals surface area contributed by atoms with Crippen LogP contribution in [0.4, 0.5) is 11.4 Å². The quantitative estimate of drug-likeness (QED) is 0.601. The molecule has 2 fully saturated rings. The summed E-state index contributed by atoms with van der Waals surface area (Å²) >= 11 is 0. The van der Waals surface area contributed by atoms with Gasteiger partial charge in [-0.05, 0) is 37.6 Å². The summed E-state index contributed by atoms with van der Waals surface area (Å²) < 4.78 is 0. The van der Waals surface area contributed by atoms with Crippen LogP contribution in [0.1, 0.15) is 26.2 Å². The first kappa shape index (κ1) is 20.3. The molecule has 0 aromatic heterocycles. The molecule has 0 radical (unpaired) electrons. The molecule has 3 amide bonds. The lowest BCUT2D eigenvalue weighted by Gasteiger charge is -2.34. The van der Waals surface area contributed by atoms with Gasteiger partial charge < -0.3 is 15.5 Å². The number of carbonyl (C=O) groups is 3. The smallest absolute Gasteiger partial charge is 0.249 e. The minimum Gasteiger partial charge on any atom is -0.374 e. The van der Waals surface area contributed by atoms with Crippen molar-refractivity contribution in [3.63, 3.8) is 0 Å². The van der Waals surface area contributed by atoms with Gasteiger partial charge >= 0.3 is 0 Å². The lowest BCUT2D eigenvalue weighted by atomic mass is 10.1. The summed E-state index contributed by atoms with van der Waals surface area (Å²) in [6.45, 7) is 7.51. The van der Waals surface area contributed by atoms with E-state index in [9.17, 15) is 14.4 Å². The maximum atomic E-state index is 12.4. The highest BCUT2D eigenvalue weighted by molar-refractivity contribution is 6.01. The number of nitrogens with zero attached hydrogens (tertiary/aromatic N) is 2. The normalized spacial score (nSPS) is 21.2. The van der Waals surface area contributed by atoms with E-state index in [2.05, 4.69) is 32.7 Å². The number of anilines is 2. The van der Waals surface area contributed by atoms with E-state index in [1.165, 1.54) is 0 Å². The fourth-order valence-corrected chi connectivity index (χ4v) is 3.61. The Balaban J connectivity index is 1.48. The second kappa shape index (κ2) is 9.66. The molecule has 0 aliphatic carbocycles. The number of piperidine rings is 1. The number of piperazine rings is 1. The van der Waals surface area contributed by atoms with E-state index in [0.717, 1.165) is 44.8 Å². The maximum Gasteiger partial charge on any atom is 0.249 e. The van der Waals surface area contributed by atoms with E-state index in [1.54, 1.807) is 6.07 Å². The Morgan fingerprint density at radius 2 is 1.86 bits per heavy atom. The zero-order chi connectivity index (χ0) is 19.9. The monoisotopic (exact) mass is 387 g/mol. The predicted molar refractivity (Wildman–Crippen MR) is 108 cm³/mol. The van der Waals surface area contributed by atoms with E-state index >= 15 is 0 Å². The van der Waals surface area contributed by atoms with E-state index in [-0.39, 0.29) is 17.7 Å². The minimum absolute atomic E-state index is 0.0397. The molecule has 8 nitrogen and oxygen atoms in total. The van der Waals surface area contributed by atoms with Crippen molar-refractivity contribution in [2.24, 2.45) is 0 Å². The van der Waals surface area contributed by atoms with E-state index in [0.29, 0.717) is 25.1 Å². The van der Waals surface area contributed by atoms with Gasteiger partial charge in [0.25, 0.3) is 0 Å². The topological polar surface area (TPSA) is 93.8 Å². The second-order valence-corrected chi connectivity index (χ2v) is 7.39. The van der Waals surface area contributed by atoms with Crippen molar-refractivity contribution in [3.8, 4) is 0 Å². The van der Waals surface area contributed by atoms with Crippen LogP contribution in [0, 0.1) is 0 Å². The van der Waals surface area contributed by atoms with Crippen LogP contribution >= 0.6 is 0 Å². The SMILES string of the molecule is CCCN1CCN(CC(=O)Nc2cccc(NC3CCC(=O)NC3=O)c2)CC1. The Morgan fingerprint density at radius 3 is 2.57 bits per heavy atom. The molecule has 0 bridgehead atoms. The standard InChI is InChI=1S/C20H29N5O3/c1-2-8-24-9-11-25(12-10-24)14-19(27)22-16-5-3-4-15(13-16)21-17-6-7-18(26)23-20(17)28/h3-5,13,17,21H,2,6-12,14H2,1H3,(H,22,27)(H,23,26,28). The van der Waals surface area contributed by atoms with Gasteiger partial charge in [-0.25, -0.2) is 0 Å². The van der Waals surface area contributed by atoms with Crippen molar-refractivity contribution >= 4 is 29.1 Å². The lowest BCUT2D eigenvalue weighted by Crippen LogP contribution is -2.48. The third-order valence-electron chi connectivity index (χ3n) is 5.10. The summed E-state index contributed by atoms with van der Waals surface area (Å²) in [4.78, 5) is 40.1. The van der Waals surface area contributed by atoms with Crippen molar-refractivity contribution in [1.82, 2.24) is 15.1 Å². The molecule has 2 aliphatic heterocycles.